The van der Waals surface area contributed by atoms with Gasteiger partial charge in [0.15, 0.2) is 0 Å². The van der Waals surface area contributed by atoms with Crippen LogP contribution in [0.15, 0.2) is 46.8 Å². The molecule has 0 saturated heterocycles. The summed E-state index contributed by atoms with van der Waals surface area (Å²) in [6, 6.07) is 8.27. The highest BCUT2D eigenvalue weighted by molar-refractivity contribution is 7.16. The van der Waals surface area contributed by atoms with Gasteiger partial charge in [-0.05, 0) is 23.6 Å². The van der Waals surface area contributed by atoms with Crippen molar-refractivity contribution in [3.8, 4) is 0 Å². The van der Waals surface area contributed by atoms with E-state index in [4.69, 9.17) is 4.74 Å². The summed E-state index contributed by atoms with van der Waals surface area (Å²) in [5.74, 6) is -1.30. The second kappa shape index (κ2) is 7.35. The van der Waals surface area contributed by atoms with Crippen molar-refractivity contribution in [3.63, 3.8) is 0 Å². The van der Waals surface area contributed by atoms with Crippen LogP contribution in [0.3, 0.4) is 0 Å². The van der Waals surface area contributed by atoms with Gasteiger partial charge in [-0.15, -0.1) is 11.3 Å². The van der Waals surface area contributed by atoms with Gasteiger partial charge in [0.25, 0.3) is 17.4 Å². The Hall–Kier alpha value is -3.33. The quantitative estimate of drug-likeness (QED) is 0.464. The van der Waals surface area contributed by atoms with E-state index in [1.54, 1.807) is 35.7 Å². The fourth-order valence-corrected chi connectivity index (χ4v) is 3.75. The van der Waals surface area contributed by atoms with Crippen molar-refractivity contribution in [1.82, 2.24) is 14.5 Å². The monoisotopic (exact) mass is 397 g/mol. The fourth-order valence-electron chi connectivity index (χ4n) is 3.03. The van der Waals surface area contributed by atoms with Crippen LogP contribution in [0.4, 0.5) is 0 Å². The molecule has 3 heterocycles. The molecule has 0 radical (unpaired) electrons. The zero-order valence-corrected chi connectivity index (χ0v) is 15.5. The zero-order chi connectivity index (χ0) is 19.7. The minimum Gasteiger partial charge on any atom is -0.464 e. The van der Waals surface area contributed by atoms with Crippen LogP contribution in [0.1, 0.15) is 27.1 Å². The second-order valence-corrected chi connectivity index (χ2v) is 7.06. The van der Waals surface area contributed by atoms with Crippen LogP contribution in [0.5, 0.6) is 0 Å². The minimum absolute atomic E-state index is 0.0134. The summed E-state index contributed by atoms with van der Waals surface area (Å²) in [5.41, 5.74) is 0.508. The molecule has 0 saturated carbocycles. The van der Waals surface area contributed by atoms with E-state index >= 15 is 0 Å². The Kier molecular flexibility index (Phi) is 4.74. The Morgan fingerprint density at radius 1 is 1.04 bits per heavy atom. The van der Waals surface area contributed by atoms with E-state index in [1.807, 2.05) is 0 Å². The number of nitrogens with zero attached hydrogens (tertiary/aromatic N) is 3. The molecule has 8 nitrogen and oxygen atoms in total. The second-order valence-electron chi connectivity index (χ2n) is 6.16. The number of aryl methyl sites for hydroxylation is 1. The van der Waals surface area contributed by atoms with Crippen LogP contribution in [0.25, 0.3) is 10.2 Å². The van der Waals surface area contributed by atoms with Crippen molar-refractivity contribution in [2.45, 2.75) is 13.0 Å². The number of esters is 1. The van der Waals surface area contributed by atoms with Crippen LogP contribution in [-0.4, -0.2) is 45.4 Å². The molecule has 2 amide bonds. The molecule has 4 rings (SSSR count). The van der Waals surface area contributed by atoms with E-state index in [1.165, 1.54) is 22.2 Å². The third-order valence-corrected chi connectivity index (χ3v) is 5.28. The number of ether oxygens (including phenoxy) is 1. The number of imide groups is 1. The molecule has 0 atom stereocenters. The van der Waals surface area contributed by atoms with Crippen LogP contribution >= 0.6 is 11.3 Å². The summed E-state index contributed by atoms with van der Waals surface area (Å²) >= 11 is 1.38. The van der Waals surface area contributed by atoms with Gasteiger partial charge in [-0.25, -0.2) is 4.98 Å². The number of fused-ring (bicyclic) bond motifs is 2. The van der Waals surface area contributed by atoms with E-state index in [9.17, 15) is 19.2 Å². The van der Waals surface area contributed by atoms with E-state index in [2.05, 4.69) is 4.98 Å². The molecule has 1 aromatic carbocycles. The summed E-state index contributed by atoms with van der Waals surface area (Å²) in [6.45, 7) is 0.0327. The largest absolute Gasteiger partial charge is 0.464 e. The number of carbonyl (C=O) groups is 3. The van der Waals surface area contributed by atoms with Crippen molar-refractivity contribution in [1.29, 1.82) is 0 Å². The molecule has 0 N–H and O–H groups in total. The Bertz CT molecular complexity index is 1110. The summed E-state index contributed by atoms with van der Waals surface area (Å²) < 4.78 is 6.48. The highest BCUT2D eigenvalue weighted by Crippen LogP contribution is 2.21. The Morgan fingerprint density at radius 2 is 1.75 bits per heavy atom. The number of aromatic nitrogens is 2. The molecule has 0 unspecified atom stereocenters. The molecule has 0 spiro atoms. The first kappa shape index (κ1) is 18.1. The first-order chi connectivity index (χ1) is 13.6. The number of hydrogen-bond donors (Lipinski definition) is 0. The number of hydrogen-bond acceptors (Lipinski definition) is 7. The van der Waals surface area contributed by atoms with Crippen molar-refractivity contribution in [2.75, 3.05) is 13.2 Å². The predicted molar refractivity (Wildman–Crippen MR) is 101 cm³/mol. The lowest BCUT2D eigenvalue weighted by atomic mass is 10.1. The van der Waals surface area contributed by atoms with Crippen molar-refractivity contribution in [2.24, 2.45) is 0 Å². The number of amides is 2. The van der Waals surface area contributed by atoms with Crippen molar-refractivity contribution >= 4 is 39.3 Å². The summed E-state index contributed by atoms with van der Waals surface area (Å²) in [7, 11) is 0. The number of benzene rings is 1. The first-order valence-corrected chi connectivity index (χ1v) is 9.47. The molecule has 28 heavy (non-hydrogen) atoms. The van der Waals surface area contributed by atoms with Crippen molar-refractivity contribution < 1.29 is 19.1 Å². The molecule has 1 aliphatic heterocycles. The van der Waals surface area contributed by atoms with Gasteiger partial charge in [-0.1, -0.05) is 12.1 Å². The smallest absolute Gasteiger partial charge is 0.307 e. The molecule has 3 aromatic rings. The van der Waals surface area contributed by atoms with E-state index in [0.29, 0.717) is 21.3 Å². The zero-order valence-electron chi connectivity index (χ0n) is 14.7. The standard InChI is InChI=1S/C19H15N3O5S/c23-15(5-7-21-11-20-16-14(17(21)24)6-10-28-16)27-9-8-22-18(25)12-3-1-2-4-13(12)19(22)26/h1-4,6,10-11H,5,7-9H2. The van der Waals surface area contributed by atoms with Crippen LogP contribution in [-0.2, 0) is 16.1 Å². The minimum atomic E-state index is -0.520. The maximum Gasteiger partial charge on any atom is 0.307 e. The molecular formula is C19H15N3O5S. The fraction of sp³-hybridized carbons (Fsp3) is 0.211. The third-order valence-electron chi connectivity index (χ3n) is 4.46. The van der Waals surface area contributed by atoms with Crippen LogP contribution in [0, 0.1) is 0 Å². The number of thiophene rings is 1. The third kappa shape index (κ3) is 3.20. The summed E-state index contributed by atoms with van der Waals surface area (Å²) in [6.07, 6.45) is 1.40. The van der Waals surface area contributed by atoms with E-state index in [0.717, 1.165) is 4.90 Å². The highest BCUT2D eigenvalue weighted by atomic mass is 32.1. The molecular weight excluding hydrogens is 382 g/mol. The van der Waals surface area contributed by atoms with Crippen LogP contribution in [0.2, 0.25) is 0 Å². The van der Waals surface area contributed by atoms with Gasteiger partial charge in [-0.3, -0.25) is 28.6 Å². The van der Waals surface area contributed by atoms with Gasteiger partial charge in [0.2, 0.25) is 0 Å². The van der Waals surface area contributed by atoms with Gasteiger partial charge in [0.05, 0.1) is 35.8 Å². The Morgan fingerprint density at radius 3 is 2.46 bits per heavy atom. The average molecular weight is 397 g/mol. The van der Waals surface area contributed by atoms with Crippen molar-refractivity contribution in [3.05, 3.63) is 63.5 Å². The average Bonchev–Trinajstić information content (AvgIpc) is 3.27. The first-order valence-electron chi connectivity index (χ1n) is 8.60. The van der Waals surface area contributed by atoms with Crippen LogP contribution < -0.4 is 5.56 Å². The number of rotatable bonds is 6. The van der Waals surface area contributed by atoms with Gasteiger partial charge >= 0.3 is 5.97 Å². The molecule has 0 bridgehead atoms. The van der Waals surface area contributed by atoms with E-state index < -0.39 is 17.8 Å². The highest BCUT2D eigenvalue weighted by Gasteiger charge is 2.34. The number of carbonyl (C=O) groups excluding carboxylic acids is 3. The molecule has 142 valence electrons. The predicted octanol–water partition coefficient (Wildman–Crippen LogP) is 1.69. The summed E-state index contributed by atoms with van der Waals surface area (Å²) in [4.78, 5) is 54.6. The van der Waals surface area contributed by atoms with Gasteiger partial charge in [0.1, 0.15) is 11.4 Å². The van der Waals surface area contributed by atoms with Gasteiger partial charge in [0, 0.05) is 6.54 Å². The lowest BCUT2D eigenvalue weighted by Gasteiger charge is -2.13. The topological polar surface area (TPSA) is 98.6 Å². The SMILES string of the molecule is O=C(CCn1cnc2sccc2c1=O)OCCN1C(=O)c2ccccc2C1=O. The normalized spacial score (nSPS) is 13.2. The van der Waals surface area contributed by atoms with Gasteiger partial charge in [-0.2, -0.15) is 0 Å². The Balaban J connectivity index is 1.29. The molecule has 2 aromatic heterocycles. The molecule has 0 aliphatic carbocycles. The maximum atomic E-state index is 12.3. The molecule has 1 aliphatic rings. The Labute approximate surface area is 163 Å². The maximum absolute atomic E-state index is 12.3. The lowest BCUT2D eigenvalue weighted by molar-refractivity contribution is -0.144. The van der Waals surface area contributed by atoms with Gasteiger partial charge < -0.3 is 4.74 Å². The summed E-state index contributed by atoms with van der Waals surface area (Å²) in [5, 5.41) is 2.31. The molecule has 9 heteroatoms. The lowest BCUT2D eigenvalue weighted by Crippen LogP contribution is -2.33. The molecule has 0 fully saturated rings. The van der Waals surface area contributed by atoms with E-state index in [-0.39, 0.29) is 31.7 Å².